The quantitative estimate of drug-likeness (QED) is 0.129. The third-order valence-corrected chi connectivity index (χ3v) is 12.8. The average Bonchev–Trinajstić information content (AvgIpc) is 3.38. The van der Waals surface area contributed by atoms with Gasteiger partial charge in [-0.2, -0.15) is 0 Å². The van der Waals surface area contributed by atoms with Crippen LogP contribution in [0.25, 0.3) is 0 Å². The van der Waals surface area contributed by atoms with Gasteiger partial charge in [-0.15, -0.1) is 0 Å². The monoisotopic (exact) mass is 578 g/mol. The number of carbonyl (C=O) groups excluding carboxylic acids is 1. The number of alkyl halides is 1. The van der Waals surface area contributed by atoms with E-state index in [2.05, 4.69) is 56.6 Å². The topological polar surface area (TPSA) is 55.8 Å². The number of allylic oxidation sites excluding steroid dienone is 1. The van der Waals surface area contributed by atoms with E-state index in [0.29, 0.717) is 23.7 Å². The lowest BCUT2D eigenvalue weighted by Crippen LogP contribution is -2.67. The summed E-state index contributed by atoms with van der Waals surface area (Å²) < 4.78 is 12.0. The fourth-order valence-corrected chi connectivity index (χ4v) is 10.9. The predicted octanol–water partition coefficient (Wildman–Crippen LogP) is 8.45. The van der Waals surface area contributed by atoms with E-state index in [1.165, 1.54) is 50.5 Å². The van der Waals surface area contributed by atoms with Crippen LogP contribution in [0.2, 0.25) is 0 Å². The Morgan fingerprint density at radius 3 is 2.59 bits per heavy atom. The van der Waals surface area contributed by atoms with Crippen molar-refractivity contribution in [2.24, 2.45) is 46.3 Å². The number of fused-ring (bicyclic) bond motifs is 7. The van der Waals surface area contributed by atoms with E-state index in [1.807, 2.05) is 0 Å². The third-order valence-electron chi connectivity index (χ3n) is 12.2. The number of hydrogen-bond acceptors (Lipinski definition) is 4. The number of hydrogen-bond donors (Lipinski definition) is 1. The maximum absolute atomic E-state index is 12.7. The molecule has 1 saturated heterocycles. The smallest absolute Gasteiger partial charge is 0.424 e. The fraction of sp³-hybridized carbons (Fsp3) is 0.906. The molecule has 0 amide bonds. The largest absolute Gasteiger partial charge is 0.509 e. The number of unbranched alkanes of at least 4 members (excludes halogenated alkanes) is 1. The van der Waals surface area contributed by atoms with Crippen molar-refractivity contribution in [3.8, 4) is 0 Å². The second-order valence-corrected chi connectivity index (χ2v) is 15.1. The Labute approximate surface area is 233 Å². The SMILES string of the molecule is CC(C)CCC[C@@H](C)[C@H]1CC[C@H]2[C@@H]3CC=C4C[C@H](O)C5OC(=O)OC5(CCCCBr)[C@]4(C)[C@H]3CC[C@]12C. The van der Waals surface area contributed by atoms with Crippen molar-refractivity contribution in [2.75, 3.05) is 5.33 Å². The summed E-state index contributed by atoms with van der Waals surface area (Å²) in [6, 6.07) is 0. The molecule has 10 atom stereocenters. The molecule has 4 aliphatic carbocycles. The second kappa shape index (κ2) is 10.5. The van der Waals surface area contributed by atoms with Gasteiger partial charge in [-0.05, 0) is 98.7 Å². The van der Waals surface area contributed by atoms with Crippen molar-refractivity contribution >= 4 is 22.1 Å². The molecule has 1 heterocycles. The van der Waals surface area contributed by atoms with Gasteiger partial charge < -0.3 is 14.6 Å². The molecule has 0 aromatic heterocycles. The number of aliphatic hydroxyl groups is 1. The van der Waals surface area contributed by atoms with Crippen LogP contribution in [0.1, 0.15) is 112 Å². The Morgan fingerprint density at radius 1 is 1.08 bits per heavy atom. The molecule has 210 valence electrons. The molecule has 0 aromatic carbocycles. The number of halogens is 1. The third kappa shape index (κ3) is 4.35. The van der Waals surface area contributed by atoms with E-state index in [4.69, 9.17) is 9.47 Å². The first-order chi connectivity index (χ1) is 17.6. The fourth-order valence-electron chi connectivity index (χ4n) is 10.5. The summed E-state index contributed by atoms with van der Waals surface area (Å²) in [7, 11) is 0. The summed E-state index contributed by atoms with van der Waals surface area (Å²) in [4.78, 5) is 12.7. The van der Waals surface area contributed by atoms with Crippen LogP contribution in [0, 0.1) is 46.3 Å². The number of rotatable bonds is 9. The van der Waals surface area contributed by atoms with Crippen LogP contribution in [0.5, 0.6) is 0 Å². The van der Waals surface area contributed by atoms with Crippen LogP contribution in [-0.4, -0.2) is 34.4 Å². The first kappa shape index (κ1) is 28.0. The van der Waals surface area contributed by atoms with Crippen LogP contribution in [0.15, 0.2) is 11.6 Å². The van der Waals surface area contributed by atoms with Gasteiger partial charge in [0.1, 0.15) is 0 Å². The summed E-state index contributed by atoms with van der Waals surface area (Å²) >= 11 is 3.58. The van der Waals surface area contributed by atoms with Gasteiger partial charge in [0.2, 0.25) is 0 Å². The van der Waals surface area contributed by atoms with Gasteiger partial charge in [0.05, 0.1) is 6.10 Å². The van der Waals surface area contributed by atoms with Crippen molar-refractivity contribution in [3.05, 3.63) is 11.6 Å². The van der Waals surface area contributed by atoms with Crippen molar-refractivity contribution in [1.82, 2.24) is 0 Å². The Kier molecular flexibility index (Phi) is 7.91. The Balaban J connectivity index is 1.44. The van der Waals surface area contributed by atoms with Crippen LogP contribution in [0.4, 0.5) is 4.79 Å². The van der Waals surface area contributed by atoms with Gasteiger partial charge in [-0.3, -0.25) is 0 Å². The van der Waals surface area contributed by atoms with Crippen LogP contribution in [0.3, 0.4) is 0 Å². The molecule has 2 unspecified atom stereocenters. The van der Waals surface area contributed by atoms with Gasteiger partial charge in [-0.25, -0.2) is 4.79 Å². The maximum atomic E-state index is 12.7. The normalized spacial score (nSPS) is 45.3. The molecule has 1 N–H and O–H groups in total. The van der Waals surface area contributed by atoms with Gasteiger partial charge in [0, 0.05) is 10.7 Å². The highest BCUT2D eigenvalue weighted by molar-refractivity contribution is 9.09. The van der Waals surface area contributed by atoms with Crippen LogP contribution >= 0.6 is 15.9 Å². The number of aliphatic hydroxyl groups excluding tert-OH is 1. The minimum Gasteiger partial charge on any atom is -0.424 e. The Hall–Kier alpha value is -0.550. The molecule has 3 saturated carbocycles. The summed E-state index contributed by atoms with van der Waals surface area (Å²) in [5.41, 5.74) is 0.727. The van der Waals surface area contributed by atoms with E-state index >= 15 is 0 Å². The first-order valence-electron chi connectivity index (χ1n) is 15.4. The molecule has 5 aliphatic rings. The van der Waals surface area contributed by atoms with Gasteiger partial charge in [-0.1, -0.05) is 81.5 Å². The minimum atomic E-state index is -0.755. The van der Waals surface area contributed by atoms with Crippen molar-refractivity contribution < 1.29 is 19.4 Å². The summed E-state index contributed by atoms with van der Waals surface area (Å²) in [5, 5.41) is 12.1. The number of carbonyl (C=O) groups is 1. The average molecular weight is 580 g/mol. The van der Waals surface area contributed by atoms with Gasteiger partial charge >= 0.3 is 6.16 Å². The van der Waals surface area contributed by atoms with Gasteiger partial charge in [0.15, 0.2) is 11.7 Å². The lowest BCUT2D eigenvalue weighted by atomic mass is 9.42. The van der Waals surface area contributed by atoms with Crippen LogP contribution in [-0.2, 0) is 9.47 Å². The summed E-state index contributed by atoms with van der Waals surface area (Å²) in [6.45, 7) is 12.2. The molecular weight excluding hydrogens is 528 g/mol. The molecule has 1 aliphatic heterocycles. The Morgan fingerprint density at radius 2 is 1.86 bits per heavy atom. The zero-order chi connectivity index (χ0) is 26.6. The minimum absolute atomic E-state index is 0.263. The lowest BCUT2D eigenvalue weighted by molar-refractivity contribution is -0.178. The highest BCUT2D eigenvalue weighted by atomic mass is 79.9. The molecule has 5 rings (SSSR count). The zero-order valence-corrected chi connectivity index (χ0v) is 25.5. The van der Waals surface area contributed by atoms with Crippen LogP contribution < -0.4 is 0 Å². The molecule has 4 nitrogen and oxygen atoms in total. The van der Waals surface area contributed by atoms with Gasteiger partial charge in [0.25, 0.3) is 0 Å². The van der Waals surface area contributed by atoms with E-state index in [1.54, 1.807) is 0 Å². The van der Waals surface area contributed by atoms with E-state index < -0.39 is 24.0 Å². The molecule has 4 fully saturated rings. The predicted molar refractivity (Wildman–Crippen MR) is 152 cm³/mol. The number of ether oxygens (including phenoxy) is 2. The zero-order valence-electron chi connectivity index (χ0n) is 23.9. The highest BCUT2D eigenvalue weighted by Crippen LogP contribution is 2.70. The van der Waals surface area contributed by atoms with Crippen molar-refractivity contribution in [3.63, 3.8) is 0 Å². The lowest BCUT2D eigenvalue weighted by Gasteiger charge is -2.63. The maximum Gasteiger partial charge on any atom is 0.509 e. The molecule has 0 spiro atoms. The van der Waals surface area contributed by atoms with E-state index in [-0.39, 0.29) is 5.41 Å². The van der Waals surface area contributed by atoms with E-state index in [9.17, 15) is 9.90 Å². The summed E-state index contributed by atoms with van der Waals surface area (Å²) in [6.07, 6.45) is 14.4. The van der Waals surface area contributed by atoms with E-state index in [0.717, 1.165) is 54.7 Å². The molecule has 0 radical (unpaired) electrons. The van der Waals surface area contributed by atoms with Crippen molar-refractivity contribution in [2.45, 2.75) is 129 Å². The van der Waals surface area contributed by atoms with Crippen molar-refractivity contribution in [1.29, 1.82) is 0 Å². The second-order valence-electron chi connectivity index (χ2n) is 14.3. The molecule has 0 bridgehead atoms. The first-order valence-corrected chi connectivity index (χ1v) is 16.5. The Bertz CT molecular complexity index is 886. The standard InChI is InChI=1S/C32H51BrO4/c1-20(2)9-8-10-21(3)24-13-14-25-23-12-11-22-19-27(34)28-32(16-6-7-18-33,37-29(35)36-28)31(22,5)26(23)15-17-30(24,25)4/h11,20-21,23-28,34H,6-10,12-19H2,1-5H3/t21-,23+,24-,25+,26+,27+,28?,30-,31+,32?/m1/s1. The molecular formula is C32H51BrO4. The highest BCUT2D eigenvalue weighted by Gasteiger charge is 2.72. The molecule has 37 heavy (non-hydrogen) atoms. The molecule has 5 heteroatoms. The summed E-state index contributed by atoms with van der Waals surface area (Å²) in [5.74, 6) is 4.26. The molecule has 0 aromatic rings.